The van der Waals surface area contributed by atoms with Crippen molar-refractivity contribution >= 4 is 68.1 Å². The van der Waals surface area contributed by atoms with Gasteiger partial charge in [-0.05, 0) is 74.5 Å². The third-order valence-electron chi connectivity index (χ3n) is 10.2. The molecule has 2 aliphatic heterocycles. The summed E-state index contributed by atoms with van der Waals surface area (Å²) in [5.41, 5.74) is 9.17. The monoisotopic (exact) mass is 1250 g/mol. The Bertz CT molecular complexity index is 2780. The minimum absolute atomic E-state index is 0. The molecule has 0 saturated carbocycles. The van der Waals surface area contributed by atoms with E-state index in [1.54, 1.807) is 24.3 Å². The molecule has 0 unspecified atom stereocenters. The summed E-state index contributed by atoms with van der Waals surface area (Å²) in [4.78, 5) is 35.1. The maximum absolute atomic E-state index is 8.70. The fourth-order valence-corrected chi connectivity index (χ4v) is 7.09. The molecule has 0 amide bonds. The van der Waals surface area contributed by atoms with Gasteiger partial charge in [0.15, 0.2) is 0 Å². The molecule has 12 rings (SSSR count). The number of fused-ring (bicyclic) bond motifs is 4. The number of anilines is 8. The van der Waals surface area contributed by atoms with Crippen molar-refractivity contribution in [2.24, 2.45) is 0 Å². The Labute approximate surface area is 423 Å². The van der Waals surface area contributed by atoms with Crippen LogP contribution in [0.15, 0.2) is 194 Å². The quantitative estimate of drug-likeness (QED) is 0.163. The molecule has 2 aliphatic rings. The SMILES string of the molecule is Cc1cccc(O)n1.Cc1cccc(O)n1.[Pt+2].[Pt+2].[c-]1ccccc1N1[CH-]N(c2ccccc2)c2nc3ccccc3nc21.[c-]1ccccc1N1[CH-]N(c2ccccc2)c2nc3ccccc3nc21. The average molecular weight is 1250 g/mol. The number of aromatic nitrogens is 6. The molecule has 340 valence electrons. The van der Waals surface area contributed by atoms with E-state index in [0.29, 0.717) is 0 Å². The van der Waals surface area contributed by atoms with Crippen LogP contribution in [-0.4, -0.2) is 40.1 Å². The van der Waals surface area contributed by atoms with Crippen LogP contribution in [0.25, 0.3) is 22.1 Å². The molecule has 0 spiro atoms. The Balaban J connectivity index is 0.000000149. The van der Waals surface area contributed by atoms with Gasteiger partial charge in [0.05, 0.1) is 22.1 Å². The Morgan fingerprint density at radius 2 is 0.676 bits per heavy atom. The van der Waals surface area contributed by atoms with Gasteiger partial charge in [0.2, 0.25) is 11.8 Å². The molecule has 68 heavy (non-hydrogen) atoms. The van der Waals surface area contributed by atoms with Gasteiger partial charge in [-0.25, -0.2) is 29.9 Å². The number of aromatic hydroxyl groups is 2. The molecule has 0 bridgehead atoms. The van der Waals surface area contributed by atoms with Gasteiger partial charge in [0, 0.05) is 34.9 Å². The number of aryl methyl sites for hydroxylation is 2. The molecule has 4 aromatic heterocycles. The Hall–Kier alpha value is -7.52. The largest absolute Gasteiger partial charge is 2.00 e. The van der Waals surface area contributed by atoms with E-state index in [4.69, 9.17) is 30.1 Å². The molecular formula is C54H42N10O2Pt2. The first-order valence-electron chi connectivity index (χ1n) is 21.1. The number of hydrogen-bond donors (Lipinski definition) is 2. The van der Waals surface area contributed by atoms with Gasteiger partial charge in [-0.1, -0.05) is 72.8 Å². The first-order valence-corrected chi connectivity index (χ1v) is 21.1. The van der Waals surface area contributed by atoms with Crippen molar-refractivity contribution in [1.29, 1.82) is 0 Å². The van der Waals surface area contributed by atoms with Crippen LogP contribution in [0.4, 0.5) is 46.0 Å². The van der Waals surface area contributed by atoms with Crippen molar-refractivity contribution in [3.63, 3.8) is 0 Å². The summed E-state index contributed by atoms with van der Waals surface area (Å²) in [5, 5.41) is 17.4. The minimum Gasteiger partial charge on any atom is -0.493 e. The Morgan fingerprint density at radius 3 is 0.971 bits per heavy atom. The van der Waals surface area contributed by atoms with Gasteiger partial charge in [-0.2, -0.15) is 60.7 Å². The van der Waals surface area contributed by atoms with Crippen LogP contribution in [-0.2, 0) is 42.1 Å². The van der Waals surface area contributed by atoms with Gasteiger partial charge in [0.25, 0.3) is 0 Å². The molecule has 0 fully saturated rings. The molecule has 0 saturated heterocycles. The second kappa shape index (κ2) is 22.8. The van der Waals surface area contributed by atoms with Gasteiger partial charge in [0.1, 0.15) is 23.3 Å². The topological polar surface area (TPSA) is 131 Å². The first-order chi connectivity index (χ1) is 32.4. The summed E-state index contributed by atoms with van der Waals surface area (Å²) in [5.74, 6) is 3.44. The van der Waals surface area contributed by atoms with Crippen LogP contribution in [0.1, 0.15) is 11.4 Å². The van der Waals surface area contributed by atoms with E-state index in [1.165, 1.54) is 0 Å². The fourth-order valence-electron chi connectivity index (χ4n) is 7.09. The van der Waals surface area contributed by atoms with Crippen molar-refractivity contribution in [2.75, 3.05) is 19.6 Å². The molecule has 0 radical (unpaired) electrons. The smallest absolute Gasteiger partial charge is 0.493 e. The number of pyridine rings is 2. The zero-order chi connectivity index (χ0) is 45.2. The van der Waals surface area contributed by atoms with Crippen LogP contribution < -0.4 is 19.6 Å². The van der Waals surface area contributed by atoms with Crippen molar-refractivity contribution in [1.82, 2.24) is 29.9 Å². The van der Waals surface area contributed by atoms with Crippen LogP contribution in [0.3, 0.4) is 0 Å². The van der Waals surface area contributed by atoms with Crippen LogP contribution in [0.2, 0.25) is 0 Å². The predicted octanol–water partition coefficient (Wildman–Crippen LogP) is 11.9. The van der Waals surface area contributed by atoms with E-state index in [1.807, 2.05) is 183 Å². The van der Waals surface area contributed by atoms with Gasteiger partial charge >= 0.3 is 42.1 Å². The van der Waals surface area contributed by atoms with Gasteiger partial charge in [-0.3, -0.25) is 0 Å². The number of benzene rings is 6. The third kappa shape index (κ3) is 11.3. The van der Waals surface area contributed by atoms with Crippen LogP contribution in [0, 0.1) is 39.3 Å². The second-order valence-electron chi connectivity index (χ2n) is 14.9. The average Bonchev–Trinajstić information content (AvgIpc) is 3.92. The maximum atomic E-state index is 8.70. The minimum atomic E-state index is 0. The van der Waals surface area contributed by atoms with E-state index in [-0.39, 0.29) is 53.9 Å². The molecule has 2 N–H and O–H groups in total. The second-order valence-corrected chi connectivity index (χ2v) is 14.9. The van der Waals surface area contributed by atoms with E-state index in [2.05, 4.69) is 56.2 Å². The van der Waals surface area contributed by atoms with E-state index in [9.17, 15) is 0 Å². The predicted molar refractivity (Wildman–Crippen MR) is 261 cm³/mol. The summed E-state index contributed by atoms with van der Waals surface area (Å²) in [6.07, 6.45) is 0. The summed E-state index contributed by atoms with van der Waals surface area (Å²) < 4.78 is 0. The van der Waals surface area contributed by atoms with Crippen LogP contribution >= 0.6 is 0 Å². The van der Waals surface area contributed by atoms with Crippen molar-refractivity contribution < 1.29 is 52.3 Å². The van der Waals surface area contributed by atoms with Crippen molar-refractivity contribution in [3.8, 4) is 11.8 Å². The molecule has 0 atom stereocenters. The fraction of sp³-hybridized carbons (Fsp3) is 0.0370. The van der Waals surface area contributed by atoms with E-state index in [0.717, 1.165) is 79.5 Å². The summed E-state index contributed by atoms with van der Waals surface area (Å²) in [6.45, 7) is 7.70. The first kappa shape index (κ1) is 48.4. The zero-order valence-corrected chi connectivity index (χ0v) is 41.2. The zero-order valence-electron chi connectivity index (χ0n) is 36.6. The van der Waals surface area contributed by atoms with Crippen molar-refractivity contribution in [3.05, 3.63) is 231 Å². The molecule has 14 heteroatoms. The third-order valence-corrected chi connectivity index (χ3v) is 10.2. The van der Waals surface area contributed by atoms with E-state index >= 15 is 0 Å². The number of nitrogens with zero attached hydrogens (tertiary/aromatic N) is 10. The molecule has 10 aromatic rings. The number of para-hydroxylation sites is 8. The maximum Gasteiger partial charge on any atom is 2.00 e. The Kier molecular flexibility index (Phi) is 16.2. The van der Waals surface area contributed by atoms with Crippen molar-refractivity contribution in [2.45, 2.75) is 13.8 Å². The number of hydrogen-bond acceptors (Lipinski definition) is 12. The van der Waals surface area contributed by atoms with Crippen LogP contribution in [0.5, 0.6) is 11.8 Å². The molecule has 0 aliphatic carbocycles. The Morgan fingerprint density at radius 1 is 0.353 bits per heavy atom. The normalized spacial score (nSPS) is 11.9. The number of rotatable bonds is 4. The molecular weight excluding hydrogens is 1210 g/mol. The molecule has 6 aromatic carbocycles. The summed E-state index contributed by atoms with van der Waals surface area (Å²) in [7, 11) is 0. The van der Waals surface area contributed by atoms with Gasteiger partial charge < -0.3 is 29.8 Å². The molecule has 6 heterocycles. The standard InChI is InChI=1S/2C21H14N4.2C6H7NO.2Pt/c2*1-3-9-16(10-4-1)24-15-25(17-11-5-2-6-12-17)21-20(24)22-18-13-7-8-14-19(18)23-21;2*1-5-3-2-4-6(8)7-5;;/h2*1-11,13-15H;2*2-4H,1H3,(H,7,8);;/q2*-2;;;2*+2. The molecule has 12 nitrogen and oxygen atoms in total. The summed E-state index contributed by atoms with van der Waals surface area (Å²) >= 11 is 0. The summed E-state index contributed by atoms with van der Waals surface area (Å²) in [6, 6.07) is 68.8. The van der Waals surface area contributed by atoms with E-state index < -0.39 is 0 Å². The van der Waals surface area contributed by atoms with Gasteiger partial charge in [-0.15, -0.1) is 24.7 Å².